The van der Waals surface area contributed by atoms with Gasteiger partial charge in [0.15, 0.2) is 12.6 Å². The number of ether oxygens (including phenoxy) is 5. The van der Waals surface area contributed by atoms with Gasteiger partial charge in [-0.05, 0) is 19.7 Å². The van der Waals surface area contributed by atoms with E-state index in [1.54, 1.807) is 0 Å². The Kier molecular flexibility index (Phi) is 16.9. The summed E-state index contributed by atoms with van der Waals surface area (Å²) in [4.78, 5) is 14.1. The van der Waals surface area contributed by atoms with Crippen LogP contribution in [0.15, 0.2) is 4.99 Å². The van der Waals surface area contributed by atoms with E-state index in [1.165, 1.54) is 0 Å². The van der Waals surface area contributed by atoms with E-state index in [2.05, 4.69) is 4.99 Å². The molecule has 2 aliphatic rings. The second kappa shape index (κ2) is 17.7. The molecule has 19 nitrogen and oxygen atoms in total. The van der Waals surface area contributed by atoms with Crippen LogP contribution in [0.4, 0.5) is 0 Å². The number of hydrogen-bond donors (Lipinski definition) is 9. The summed E-state index contributed by atoms with van der Waals surface area (Å²) in [5.41, 5.74) is 0. The predicted molar refractivity (Wildman–Crippen MR) is 129 cm³/mol. The number of aliphatic imine (C=N–C) groups is 1. The molecule has 2 rings (SSSR count). The maximum Gasteiger partial charge on any atom is 1.00 e. The van der Waals surface area contributed by atoms with Crippen molar-refractivity contribution in [3.63, 3.8) is 0 Å². The Morgan fingerprint density at radius 3 is 2.05 bits per heavy atom. The first-order valence-corrected chi connectivity index (χ1v) is 13.8. The van der Waals surface area contributed by atoms with Crippen molar-refractivity contribution in [2.24, 2.45) is 4.99 Å². The largest absolute Gasteiger partial charge is 1.00 e. The Morgan fingerprint density at radius 2 is 1.55 bits per heavy atom. The van der Waals surface area contributed by atoms with Crippen molar-refractivity contribution < 1.29 is 118 Å². The van der Waals surface area contributed by atoms with E-state index >= 15 is 0 Å². The van der Waals surface area contributed by atoms with Crippen LogP contribution in [0.3, 0.4) is 0 Å². The number of nitrogens with zero attached hydrogens (tertiary/aromatic N) is 1. The Balaban J connectivity index is 0.00000882. The molecule has 21 heteroatoms. The van der Waals surface area contributed by atoms with Crippen LogP contribution in [0.5, 0.6) is 0 Å². The van der Waals surface area contributed by atoms with Crippen LogP contribution < -0.4 is 34.7 Å². The third-order valence-corrected chi connectivity index (χ3v) is 7.31. The van der Waals surface area contributed by atoms with Gasteiger partial charge >= 0.3 is 37.4 Å². The zero-order valence-corrected chi connectivity index (χ0v) is 26.5. The number of rotatable bonds is 14. The molecule has 0 aromatic rings. The van der Waals surface area contributed by atoms with Gasteiger partial charge in [0, 0.05) is 14.2 Å². The molecule has 15 atom stereocenters. The Morgan fingerprint density at radius 1 is 0.952 bits per heavy atom. The van der Waals surface area contributed by atoms with Crippen LogP contribution in [0.2, 0.25) is 0 Å². The van der Waals surface area contributed by atoms with E-state index in [0.717, 1.165) is 28.1 Å². The maximum absolute atomic E-state index is 12.8. The molecule has 0 aromatic heterocycles. The number of hydrogen-bond acceptors (Lipinski definition) is 18. The third-order valence-electron chi connectivity index (χ3n) is 6.36. The molecule has 0 aliphatic carbocycles. The Labute approximate surface area is 263 Å². The fraction of sp³-hybridized carbons (Fsp3) is 0.952. The van der Waals surface area contributed by atoms with E-state index in [4.69, 9.17) is 32.7 Å². The topological polar surface area (TPSA) is 299 Å². The monoisotopic (exact) mass is 647 g/mol. The molecule has 42 heavy (non-hydrogen) atoms. The average molecular weight is 647 g/mol. The molecule has 2 fully saturated rings. The standard InChI is InChI=1S/C21H40NO18P.Na/c1-7(24)12(26)16(30)21(39-19-11(22-8(2)25)18(34-3)14(28)9(5-23)37-19)40-41(32,33)36-6-10-13(27)15(29)17(31)20(35-4)38-10;/h7,9-21,23-24,26-31H,5-6H2,1-4H3,(H,22,25)(H,32,33);/q;+1/p-1/t7-,9+,10+,11+,12-,13+,14-,15-,16-,17+,18+,19-,20+,21?;/m0./s1. The molecule has 9 N–H and O–H groups in total. The molecule has 0 bridgehead atoms. The minimum atomic E-state index is -5.34. The van der Waals surface area contributed by atoms with Crippen LogP contribution in [0.1, 0.15) is 13.8 Å². The normalized spacial score (nSPS) is 38.5. The van der Waals surface area contributed by atoms with Crippen LogP contribution >= 0.6 is 7.82 Å². The number of methoxy groups -OCH3 is 2. The number of aliphatic hydroxyl groups is 8. The van der Waals surface area contributed by atoms with Crippen LogP contribution in [0, 0.1) is 0 Å². The number of aliphatic hydroxyl groups excluding tert-OH is 8. The molecule has 0 saturated carbocycles. The quantitative estimate of drug-likeness (QED) is 0.0278. The molecule has 2 unspecified atom stereocenters. The summed E-state index contributed by atoms with van der Waals surface area (Å²) < 4.78 is 48.7. The smallest absolute Gasteiger partial charge is 0.862 e. The summed E-state index contributed by atoms with van der Waals surface area (Å²) in [6, 6.07) is -1.49. The molecular formula is C21H39NNaO18P. The van der Waals surface area contributed by atoms with Gasteiger partial charge in [-0.2, -0.15) is 0 Å². The molecule has 242 valence electrons. The average Bonchev–Trinajstić information content (AvgIpc) is 2.91. The van der Waals surface area contributed by atoms with Crippen LogP contribution in [-0.4, -0.2) is 165 Å². The van der Waals surface area contributed by atoms with Crippen molar-refractivity contribution in [2.45, 2.75) is 99.8 Å². The van der Waals surface area contributed by atoms with E-state index in [-0.39, 0.29) is 29.6 Å². The van der Waals surface area contributed by atoms with Crippen molar-refractivity contribution in [2.75, 3.05) is 27.4 Å². The van der Waals surface area contributed by atoms with Crippen molar-refractivity contribution in [1.29, 1.82) is 0 Å². The second-order valence-electron chi connectivity index (χ2n) is 9.40. The fourth-order valence-electron chi connectivity index (χ4n) is 4.11. The summed E-state index contributed by atoms with van der Waals surface area (Å²) in [5, 5.41) is 92.4. The Hall–Kier alpha value is 0.0600. The minimum absolute atomic E-state index is 0. The van der Waals surface area contributed by atoms with Crippen LogP contribution in [-0.2, 0) is 37.3 Å². The molecular weight excluding hydrogens is 608 g/mol. The van der Waals surface area contributed by atoms with Gasteiger partial charge in [0.05, 0.1) is 19.3 Å². The fourth-order valence-corrected chi connectivity index (χ4v) is 4.95. The first kappa shape index (κ1) is 40.1. The van der Waals surface area contributed by atoms with E-state index < -0.39 is 113 Å². The molecule has 2 heterocycles. The second-order valence-corrected chi connectivity index (χ2v) is 10.8. The van der Waals surface area contributed by atoms with Crippen molar-refractivity contribution in [1.82, 2.24) is 0 Å². The van der Waals surface area contributed by atoms with Gasteiger partial charge in [0.25, 0.3) is 0 Å². The van der Waals surface area contributed by atoms with Gasteiger partial charge in [0.2, 0.25) is 6.29 Å². The molecule has 0 radical (unpaired) electrons. The summed E-state index contributed by atoms with van der Waals surface area (Å²) in [6.45, 7) is 0.396. The number of phosphoric acid groups is 1. The summed E-state index contributed by atoms with van der Waals surface area (Å²) in [6.07, 6.45) is -22.6. The van der Waals surface area contributed by atoms with Gasteiger partial charge < -0.3 is 74.5 Å². The molecule has 0 aromatic carbocycles. The van der Waals surface area contributed by atoms with E-state index in [9.17, 15) is 55.4 Å². The van der Waals surface area contributed by atoms with Gasteiger partial charge in [0.1, 0.15) is 61.0 Å². The van der Waals surface area contributed by atoms with Gasteiger partial charge in [-0.15, -0.1) is 0 Å². The first-order chi connectivity index (χ1) is 19.1. The minimum Gasteiger partial charge on any atom is -0.862 e. The van der Waals surface area contributed by atoms with Gasteiger partial charge in [-0.25, -0.2) is 4.57 Å². The zero-order valence-electron chi connectivity index (χ0n) is 23.6. The molecule has 2 saturated heterocycles. The van der Waals surface area contributed by atoms with Crippen molar-refractivity contribution in [3.8, 4) is 0 Å². The molecule has 2 aliphatic heterocycles. The summed E-state index contributed by atoms with van der Waals surface area (Å²) in [7, 11) is -3.06. The number of phosphoric ester groups is 1. The zero-order chi connectivity index (χ0) is 31.2. The SMILES string of the molecule is CO[C@@H]1O[C@H](COP(=O)(O)OC(O[C@@H]2O[C@H](CO)[C@H](O)[C@H](OC)[C@H]2N=C(C)[O-])[C@@H](O)[C@@H](O)[C@H](C)O)[C@@H](O)[C@H](O)[C@H]1O.[Na+]. The van der Waals surface area contributed by atoms with Crippen molar-refractivity contribution >= 4 is 13.7 Å². The summed E-state index contributed by atoms with van der Waals surface area (Å²) in [5.74, 6) is -0.783. The summed E-state index contributed by atoms with van der Waals surface area (Å²) >= 11 is 0. The molecule has 0 amide bonds. The molecule has 0 spiro atoms. The van der Waals surface area contributed by atoms with Crippen LogP contribution in [0.25, 0.3) is 0 Å². The predicted octanol–water partition coefficient (Wildman–Crippen LogP) is -8.74. The third kappa shape index (κ3) is 10.3. The van der Waals surface area contributed by atoms with Gasteiger partial charge in [-0.1, -0.05) is 0 Å². The first-order valence-electron chi connectivity index (χ1n) is 12.3. The Bertz CT molecular complexity index is 882. The van der Waals surface area contributed by atoms with E-state index in [0.29, 0.717) is 0 Å². The van der Waals surface area contributed by atoms with Gasteiger partial charge in [-0.3, -0.25) is 14.0 Å². The maximum atomic E-state index is 12.8. The van der Waals surface area contributed by atoms with Crippen molar-refractivity contribution in [3.05, 3.63) is 0 Å². The van der Waals surface area contributed by atoms with E-state index in [1.807, 2.05) is 0 Å².